The van der Waals surface area contributed by atoms with E-state index in [0.29, 0.717) is 28.6 Å². The van der Waals surface area contributed by atoms with E-state index < -0.39 is 10.9 Å². The Morgan fingerprint density at radius 2 is 1.85 bits per heavy atom. The van der Waals surface area contributed by atoms with Crippen LogP contribution in [0.4, 0.5) is 17.1 Å². The van der Waals surface area contributed by atoms with Gasteiger partial charge in [-0.15, -0.1) is 0 Å². The normalized spacial score (nSPS) is 12.9. The van der Waals surface area contributed by atoms with E-state index in [9.17, 15) is 14.4 Å². The van der Waals surface area contributed by atoms with E-state index in [2.05, 4.69) is 16.0 Å². The zero-order valence-corrected chi connectivity index (χ0v) is 14.5. The number of fused-ring (bicyclic) bond motifs is 1. The Morgan fingerprint density at radius 1 is 1.08 bits per heavy atom. The number of aryl methyl sites for hydroxylation is 1. The Kier molecular flexibility index (Phi) is 3.81. The predicted octanol–water partition coefficient (Wildman–Crippen LogP) is 2.44. The topological polar surface area (TPSA) is 100 Å². The van der Waals surface area contributed by atoms with Crippen LogP contribution in [0.2, 0.25) is 5.02 Å². The minimum Gasteiger partial charge on any atom is -0.465 e. The van der Waals surface area contributed by atoms with Gasteiger partial charge in [0.1, 0.15) is 22.9 Å². The monoisotopic (exact) mass is 371 g/mol. The summed E-state index contributed by atoms with van der Waals surface area (Å²) in [5.74, 6) is 1.12. The van der Waals surface area contributed by atoms with Gasteiger partial charge >= 0.3 is 0 Å². The molecule has 0 spiro atoms. The third-order valence-corrected chi connectivity index (χ3v) is 4.62. The van der Waals surface area contributed by atoms with E-state index in [0.717, 1.165) is 11.3 Å². The summed E-state index contributed by atoms with van der Waals surface area (Å²) >= 11 is 6.21. The van der Waals surface area contributed by atoms with Crippen LogP contribution in [0.3, 0.4) is 0 Å². The van der Waals surface area contributed by atoms with E-state index >= 15 is 0 Å². The number of rotatable bonds is 5. The van der Waals surface area contributed by atoms with E-state index in [4.69, 9.17) is 16.0 Å². The van der Waals surface area contributed by atoms with Gasteiger partial charge in [0.05, 0.1) is 22.8 Å². The Bertz CT molecular complexity index is 1110. The molecule has 0 unspecified atom stereocenters. The van der Waals surface area contributed by atoms with E-state index in [1.165, 1.54) is 0 Å². The van der Waals surface area contributed by atoms with Gasteiger partial charge in [0.15, 0.2) is 0 Å². The number of hydrogen-bond donors (Lipinski definition) is 3. The zero-order chi connectivity index (χ0) is 18.4. The Labute approximate surface area is 152 Å². The average molecular weight is 372 g/mol. The molecule has 3 N–H and O–H groups in total. The van der Waals surface area contributed by atoms with E-state index in [-0.39, 0.29) is 23.8 Å². The second kappa shape index (κ2) is 6.03. The van der Waals surface area contributed by atoms with Crippen LogP contribution < -0.4 is 26.8 Å². The quantitative estimate of drug-likeness (QED) is 0.595. The highest BCUT2D eigenvalue weighted by atomic mass is 35.5. The molecule has 1 aromatic heterocycles. The largest absolute Gasteiger partial charge is 0.465 e. The molecule has 132 valence electrons. The highest BCUT2D eigenvalue weighted by molar-refractivity contribution is 6.34. The number of anilines is 3. The van der Waals surface area contributed by atoms with Crippen LogP contribution in [0.5, 0.6) is 0 Å². The highest BCUT2D eigenvalue weighted by Crippen LogP contribution is 2.34. The minimum absolute atomic E-state index is 0.0910. The van der Waals surface area contributed by atoms with Crippen LogP contribution in [-0.2, 0) is 13.1 Å². The zero-order valence-electron chi connectivity index (χ0n) is 13.7. The van der Waals surface area contributed by atoms with Crippen LogP contribution in [0.15, 0.2) is 38.3 Å². The maximum Gasteiger partial charge on any atom is 0.254 e. The predicted molar refractivity (Wildman–Crippen MR) is 98.0 cm³/mol. The maximum atomic E-state index is 12.1. The van der Waals surface area contributed by atoms with Gasteiger partial charge in [-0.25, -0.2) is 0 Å². The Hall–Kier alpha value is -3.06. The van der Waals surface area contributed by atoms with Crippen molar-refractivity contribution in [1.82, 2.24) is 5.32 Å². The summed E-state index contributed by atoms with van der Waals surface area (Å²) in [6.45, 7) is 2.47. The molecule has 4 rings (SSSR count). The van der Waals surface area contributed by atoms with Crippen LogP contribution >= 0.6 is 11.6 Å². The number of benzene rings is 1. The standard InChI is InChI=1S/C18H14ClN3O4/c1-8-2-4-10(26-8)7-20-14-15(17(24)16(14)23)22-13-11(19)5-3-9-6-21-18(25)12(9)13/h2-5,20,22H,6-7H2,1H3,(H,21,25). The third-order valence-electron chi connectivity index (χ3n) is 4.30. The van der Waals surface area contributed by atoms with Crippen molar-refractivity contribution in [2.75, 3.05) is 10.6 Å². The molecule has 3 aromatic rings. The summed E-state index contributed by atoms with van der Waals surface area (Å²) in [6, 6.07) is 6.99. The van der Waals surface area contributed by atoms with Gasteiger partial charge in [-0.05, 0) is 30.7 Å². The number of nitrogens with one attached hydrogen (secondary N) is 3. The van der Waals surface area contributed by atoms with Gasteiger partial charge < -0.3 is 20.4 Å². The fourth-order valence-corrected chi connectivity index (χ4v) is 3.18. The fourth-order valence-electron chi connectivity index (χ4n) is 2.97. The molecule has 0 saturated carbocycles. The summed E-state index contributed by atoms with van der Waals surface area (Å²) in [5.41, 5.74) is 0.450. The average Bonchev–Trinajstić information content (AvgIpc) is 3.21. The van der Waals surface area contributed by atoms with E-state index in [1.54, 1.807) is 18.2 Å². The summed E-state index contributed by atoms with van der Waals surface area (Å²) in [4.78, 5) is 36.0. The van der Waals surface area contributed by atoms with Crippen LogP contribution in [0.25, 0.3) is 0 Å². The molecule has 1 aliphatic rings. The van der Waals surface area contributed by atoms with Gasteiger partial charge in [-0.3, -0.25) is 14.4 Å². The summed E-state index contributed by atoms with van der Waals surface area (Å²) in [7, 11) is 0. The molecule has 0 radical (unpaired) electrons. The first-order valence-corrected chi connectivity index (χ1v) is 8.32. The first kappa shape index (κ1) is 16.4. The number of furan rings is 1. The van der Waals surface area contributed by atoms with Crippen molar-refractivity contribution in [3.63, 3.8) is 0 Å². The van der Waals surface area contributed by atoms with Crippen molar-refractivity contribution in [3.05, 3.63) is 72.4 Å². The fraction of sp³-hybridized carbons (Fsp3) is 0.167. The number of halogens is 1. The molecule has 8 heteroatoms. The Morgan fingerprint density at radius 3 is 2.58 bits per heavy atom. The molecule has 7 nitrogen and oxygen atoms in total. The van der Waals surface area contributed by atoms with Crippen molar-refractivity contribution < 1.29 is 9.21 Å². The third kappa shape index (κ3) is 2.57. The second-order valence-corrected chi connectivity index (χ2v) is 6.45. The number of carbonyl (C=O) groups excluding carboxylic acids is 1. The van der Waals surface area contributed by atoms with Gasteiger partial charge in [0.25, 0.3) is 16.8 Å². The van der Waals surface area contributed by atoms with E-state index in [1.807, 2.05) is 13.0 Å². The first-order chi connectivity index (χ1) is 12.5. The number of carbonyl (C=O) groups is 1. The minimum atomic E-state index is -0.657. The van der Waals surface area contributed by atoms with Gasteiger partial charge in [-0.2, -0.15) is 0 Å². The molecule has 0 bridgehead atoms. The van der Waals surface area contributed by atoms with Crippen molar-refractivity contribution in [3.8, 4) is 0 Å². The Balaban J connectivity index is 1.64. The molecule has 0 fully saturated rings. The molecule has 2 heterocycles. The number of amides is 1. The smallest absolute Gasteiger partial charge is 0.254 e. The van der Waals surface area contributed by atoms with Crippen molar-refractivity contribution >= 4 is 34.6 Å². The first-order valence-electron chi connectivity index (χ1n) is 7.95. The molecule has 0 saturated heterocycles. The molecular weight excluding hydrogens is 358 g/mol. The second-order valence-electron chi connectivity index (χ2n) is 6.04. The van der Waals surface area contributed by atoms with Crippen molar-refractivity contribution in [2.45, 2.75) is 20.0 Å². The van der Waals surface area contributed by atoms with Crippen LogP contribution in [0, 0.1) is 6.92 Å². The SMILES string of the molecule is Cc1ccc(CNc2c(Nc3c(Cl)ccc4c3C(=O)NC4)c(=O)c2=O)o1. The maximum absolute atomic E-state index is 12.1. The highest BCUT2D eigenvalue weighted by Gasteiger charge is 2.28. The van der Waals surface area contributed by atoms with Gasteiger partial charge in [0, 0.05) is 6.54 Å². The molecule has 1 amide bonds. The lowest BCUT2D eigenvalue weighted by molar-refractivity contribution is 0.0966. The molecule has 0 atom stereocenters. The summed E-state index contributed by atoms with van der Waals surface area (Å²) in [5, 5.41) is 8.78. The summed E-state index contributed by atoms with van der Waals surface area (Å²) < 4.78 is 5.44. The van der Waals surface area contributed by atoms with Crippen molar-refractivity contribution in [1.29, 1.82) is 0 Å². The van der Waals surface area contributed by atoms with Crippen LogP contribution in [-0.4, -0.2) is 5.91 Å². The number of hydrogen-bond acceptors (Lipinski definition) is 6. The lowest BCUT2D eigenvalue weighted by atomic mass is 10.1. The summed E-state index contributed by atoms with van der Waals surface area (Å²) in [6.07, 6.45) is 0. The van der Waals surface area contributed by atoms with Crippen molar-refractivity contribution in [2.24, 2.45) is 0 Å². The molecule has 26 heavy (non-hydrogen) atoms. The molecule has 2 aromatic carbocycles. The van der Waals surface area contributed by atoms with Gasteiger partial charge in [0.2, 0.25) is 0 Å². The van der Waals surface area contributed by atoms with Gasteiger partial charge in [-0.1, -0.05) is 17.7 Å². The molecule has 1 aliphatic heterocycles. The molecule has 0 aliphatic carbocycles. The lowest BCUT2D eigenvalue weighted by Crippen LogP contribution is -2.36. The van der Waals surface area contributed by atoms with Crippen LogP contribution in [0.1, 0.15) is 27.4 Å². The lowest BCUT2D eigenvalue weighted by Gasteiger charge is -2.17. The molecular formula is C18H14ClN3O4.